The minimum absolute atomic E-state index is 0.0250. The molecule has 0 aromatic heterocycles. The average Bonchev–Trinajstić information content (AvgIpc) is 2.91. The zero-order valence-corrected chi connectivity index (χ0v) is 26.7. The van der Waals surface area contributed by atoms with Gasteiger partial charge in [0.2, 0.25) is 11.8 Å². The highest BCUT2D eigenvalue weighted by Gasteiger charge is 2.33. The molecule has 0 bridgehead atoms. The second-order valence-corrected chi connectivity index (χ2v) is 13.4. The van der Waals surface area contributed by atoms with E-state index in [4.69, 9.17) is 34.8 Å². The first-order valence-corrected chi connectivity index (χ1v) is 15.6. The van der Waals surface area contributed by atoms with Crippen molar-refractivity contribution in [2.24, 2.45) is 5.92 Å². The predicted molar refractivity (Wildman–Crippen MR) is 166 cm³/mol. The van der Waals surface area contributed by atoms with Crippen LogP contribution in [0.15, 0.2) is 65.6 Å². The van der Waals surface area contributed by atoms with Gasteiger partial charge in [-0.25, -0.2) is 8.42 Å². The van der Waals surface area contributed by atoms with Gasteiger partial charge in [0.15, 0.2) is 0 Å². The van der Waals surface area contributed by atoms with Crippen LogP contribution in [0, 0.1) is 19.8 Å². The van der Waals surface area contributed by atoms with E-state index in [2.05, 4.69) is 5.32 Å². The van der Waals surface area contributed by atoms with E-state index in [0.717, 1.165) is 15.4 Å². The summed E-state index contributed by atoms with van der Waals surface area (Å²) >= 11 is 18.5. The number of hydrogen-bond donors (Lipinski definition) is 1. The van der Waals surface area contributed by atoms with Crippen LogP contribution in [-0.4, -0.2) is 44.3 Å². The first kappa shape index (κ1) is 32.7. The van der Waals surface area contributed by atoms with E-state index in [9.17, 15) is 18.0 Å². The molecule has 41 heavy (non-hydrogen) atoms. The molecule has 11 heteroatoms. The third-order valence-electron chi connectivity index (χ3n) is 6.67. The first-order valence-electron chi connectivity index (χ1n) is 13.1. The van der Waals surface area contributed by atoms with Crippen molar-refractivity contribution >= 4 is 62.3 Å². The SMILES string of the molecule is Cc1ccc(N(CC(=O)N(Cc2ccc(Cl)cc2Cl)[C@@H](C)C(=O)NCC(C)C)S(=O)(=O)c2ccc(Cl)cc2)cc1C. The van der Waals surface area contributed by atoms with Crippen molar-refractivity contribution in [3.05, 3.63) is 92.4 Å². The van der Waals surface area contributed by atoms with Crippen molar-refractivity contribution in [3.8, 4) is 0 Å². The van der Waals surface area contributed by atoms with E-state index < -0.39 is 28.5 Å². The van der Waals surface area contributed by atoms with Crippen LogP contribution in [0.25, 0.3) is 0 Å². The average molecular weight is 639 g/mol. The lowest BCUT2D eigenvalue weighted by molar-refractivity contribution is -0.139. The molecule has 0 radical (unpaired) electrons. The van der Waals surface area contributed by atoms with Gasteiger partial charge in [0.05, 0.1) is 10.6 Å². The van der Waals surface area contributed by atoms with E-state index in [0.29, 0.717) is 32.9 Å². The molecule has 0 spiro atoms. The molecule has 3 aromatic carbocycles. The molecule has 2 amide bonds. The van der Waals surface area contributed by atoms with Crippen molar-refractivity contribution in [2.75, 3.05) is 17.4 Å². The van der Waals surface area contributed by atoms with Gasteiger partial charge < -0.3 is 10.2 Å². The van der Waals surface area contributed by atoms with E-state index >= 15 is 0 Å². The third kappa shape index (κ3) is 8.38. The largest absolute Gasteiger partial charge is 0.354 e. The summed E-state index contributed by atoms with van der Waals surface area (Å²) in [6, 6.07) is 14.9. The van der Waals surface area contributed by atoms with Crippen LogP contribution in [-0.2, 0) is 26.2 Å². The maximum atomic E-state index is 14.0. The Morgan fingerprint density at radius 3 is 2.07 bits per heavy atom. The fourth-order valence-electron chi connectivity index (χ4n) is 4.01. The number of amides is 2. The number of hydrogen-bond acceptors (Lipinski definition) is 4. The summed E-state index contributed by atoms with van der Waals surface area (Å²) < 4.78 is 28.9. The Labute approximate surface area is 257 Å². The quantitative estimate of drug-likeness (QED) is 0.255. The Bertz CT molecular complexity index is 1510. The molecular formula is C30H34Cl3N3O4S. The molecule has 0 heterocycles. The van der Waals surface area contributed by atoms with Gasteiger partial charge in [0.25, 0.3) is 10.0 Å². The molecule has 3 aromatic rings. The summed E-state index contributed by atoms with van der Waals surface area (Å²) in [5, 5.41) is 3.98. The van der Waals surface area contributed by atoms with Gasteiger partial charge >= 0.3 is 0 Å². The van der Waals surface area contributed by atoms with E-state index in [1.54, 1.807) is 43.3 Å². The van der Waals surface area contributed by atoms with Crippen molar-refractivity contribution < 1.29 is 18.0 Å². The highest BCUT2D eigenvalue weighted by molar-refractivity contribution is 7.92. The summed E-state index contributed by atoms with van der Waals surface area (Å²) in [6.07, 6.45) is 0. The van der Waals surface area contributed by atoms with E-state index in [1.165, 1.54) is 29.2 Å². The molecule has 0 saturated carbocycles. The first-order chi connectivity index (χ1) is 19.2. The molecule has 0 aliphatic heterocycles. The fourth-order valence-corrected chi connectivity index (χ4v) is 6.01. The Balaban J connectivity index is 2.06. The molecule has 220 valence electrons. The summed E-state index contributed by atoms with van der Waals surface area (Å²) in [7, 11) is -4.20. The number of sulfonamides is 1. The predicted octanol–water partition coefficient (Wildman–Crippen LogP) is 6.65. The minimum atomic E-state index is -4.20. The van der Waals surface area contributed by atoms with Gasteiger partial charge in [-0.15, -0.1) is 0 Å². The van der Waals surface area contributed by atoms with Gasteiger partial charge in [-0.2, -0.15) is 0 Å². The topological polar surface area (TPSA) is 86.8 Å². The highest BCUT2D eigenvalue weighted by Crippen LogP contribution is 2.28. The van der Waals surface area contributed by atoms with Crippen LogP contribution in [0.2, 0.25) is 15.1 Å². The van der Waals surface area contributed by atoms with Gasteiger partial charge in [-0.1, -0.05) is 60.8 Å². The van der Waals surface area contributed by atoms with Crippen LogP contribution in [0.5, 0.6) is 0 Å². The normalized spacial score (nSPS) is 12.2. The second kappa shape index (κ2) is 13.9. The molecular weight excluding hydrogens is 605 g/mol. The maximum absolute atomic E-state index is 14.0. The molecule has 1 N–H and O–H groups in total. The van der Waals surface area contributed by atoms with Crippen molar-refractivity contribution in [3.63, 3.8) is 0 Å². The molecule has 0 saturated heterocycles. The van der Waals surface area contributed by atoms with Gasteiger partial charge in [0.1, 0.15) is 12.6 Å². The number of benzene rings is 3. The lowest BCUT2D eigenvalue weighted by Gasteiger charge is -2.32. The van der Waals surface area contributed by atoms with Crippen molar-refractivity contribution in [1.29, 1.82) is 0 Å². The zero-order valence-electron chi connectivity index (χ0n) is 23.6. The monoisotopic (exact) mass is 637 g/mol. The Hall–Kier alpha value is -2.78. The van der Waals surface area contributed by atoms with Crippen LogP contribution < -0.4 is 9.62 Å². The number of aryl methyl sites for hydroxylation is 2. The summed E-state index contributed by atoms with van der Waals surface area (Å²) in [4.78, 5) is 28.4. The number of rotatable bonds is 11. The number of anilines is 1. The molecule has 0 unspecified atom stereocenters. The van der Waals surface area contributed by atoms with Gasteiger partial charge in [0, 0.05) is 28.2 Å². The molecule has 7 nitrogen and oxygen atoms in total. The standard InChI is InChI=1S/C30H34Cl3N3O4S/c1-19(2)16-34-30(38)22(5)35(17-23-7-8-25(32)15-28(23)33)29(37)18-36(26-11-6-20(3)21(4)14-26)41(39,40)27-12-9-24(31)10-13-27/h6-15,19,22H,16-18H2,1-5H3,(H,34,38)/t22-/m0/s1. The fraction of sp³-hybridized carbons (Fsp3) is 0.333. The summed E-state index contributed by atoms with van der Waals surface area (Å²) in [6.45, 7) is 9.14. The number of nitrogens with zero attached hydrogens (tertiary/aromatic N) is 2. The third-order valence-corrected chi connectivity index (χ3v) is 9.29. The van der Waals surface area contributed by atoms with Gasteiger partial charge in [-0.05, 0) is 91.9 Å². The second-order valence-electron chi connectivity index (χ2n) is 10.3. The van der Waals surface area contributed by atoms with Crippen molar-refractivity contribution in [1.82, 2.24) is 10.2 Å². The lowest BCUT2D eigenvalue weighted by Crippen LogP contribution is -2.51. The number of carbonyl (C=O) groups is 2. The lowest BCUT2D eigenvalue weighted by atomic mass is 10.1. The van der Waals surface area contributed by atoms with Crippen molar-refractivity contribution in [2.45, 2.75) is 52.1 Å². The molecule has 3 rings (SSSR count). The van der Waals surface area contributed by atoms with Crippen LogP contribution >= 0.6 is 34.8 Å². The minimum Gasteiger partial charge on any atom is -0.354 e. The number of halogens is 3. The van der Waals surface area contributed by atoms with E-state index in [-0.39, 0.29) is 23.3 Å². The molecule has 0 aliphatic carbocycles. The van der Waals surface area contributed by atoms with Gasteiger partial charge in [-0.3, -0.25) is 13.9 Å². The van der Waals surface area contributed by atoms with Crippen LogP contribution in [0.3, 0.4) is 0 Å². The summed E-state index contributed by atoms with van der Waals surface area (Å²) in [5.74, 6) is -0.750. The highest BCUT2D eigenvalue weighted by atomic mass is 35.5. The van der Waals surface area contributed by atoms with Crippen LogP contribution in [0.4, 0.5) is 5.69 Å². The molecule has 1 atom stereocenters. The van der Waals surface area contributed by atoms with E-state index in [1.807, 2.05) is 27.7 Å². The van der Waals surface area contributed by atoms with Crippen LogP contribution in [0.1, 0.15) is 37.5 Å². The number of nitrogens with one attached hydrogen (secondary N) is 1. The molecule has 0 fully saturated rings. The number of carbonyl (C=O) groups excluding carboxylic acids is 2. The summed E-state index contributed by atoms with van der Waals surface area (Å²) in [5.41, 5.74) is 2.71. The Morgan fingerprint density at radius 2 is 1.49 bits per heavy atom. The molecule has 0 aliphatic rings. The Morgan fingerprint density at radius 1 is 0.854 bits per heavy atom. The smallest absolute Gasteiger partial charge is 0.264 e. The maximum Gasteiger partial charge on any atom is 0.264 e. The Kier molecular flexibility index (Phi) is 11.1. The zero-order chi connectivity index (χ0) is 30.5.